The van der Waals surface area contributed by atoms with Crippen molar-refractivity contribution in [2.24, 2.45) is 0 Å². The summed E-state index contributed by atoms with van der Waals surface area (Å²) in [6, 6.07) is 0.0847. The molecule has 1 atom stereocenters. The summed E-state index contributed by atoms with van der Waals surface area (Å²) in [7, 11) is 0. The monoisotopic (exact) mass is 355 g/mol. The molecule has 1 saturated carbocycles. The maximum atomic E-state index is 12.5. The van der Waals surface area contributed by atoms with Gasteiger partial charge in [-0.15, -0.1) is 0 Å². The third-order valence-corrected chi connectivity index (χ3v) is 5.68. The first kappa shape index (κ1) is 15.6. The third kappa shape index (κ3) is 2.51. The number of likely N-dealkylation sites (tertiary alicyclic amines) is 2. The number of carbonyl (C=O) groups excluding carboxylic acids is 2. The van der Waals surface area contributed by atoms with Crippen molar-refractivity contribution in [3.05, 3.63) is 35.2 Å². The Bertz CT molecular complexity index is 862. The standard InChI is InChI=1S/C18H21N5O3/c1-10-5-19-6-14(10)18(25)22-8-13(9-22)23-7-12(4-15(23)24)17-20-16(21-26-17)11-2-3-11/h5-6,11-13,19H,2-4,7-9H2,1H3. The zero-order valence-corrected chi connectivity index (χ0v) is 14.6. The molecule has 0 radical (unpaired) electrons. The normalized spacial score (nSPS) is 23.6. The summed E-state index contributed by atoms with van der Waals surface area (Å²) in [4.78, 5) is 36.0. The lowest BCUT2D eigenvalue weighted by molar-refractivity contribution is -0.132. The van der Waals surface area contributed by atoms with Gasteiger partial charge in [0.2, 0.25) is 11.8 Å². The average molecular weight is 355 g/mol. The van der Waals surface area contributed by atoms with E-state index in [1.807, 2.05) is 18.0 Å². The quantitative estimate of drug-likeness (QED) is 0.895. The van der Waals surface area contributed by atoms with E-state index >= 15 is 0 Å². The largest absolute Gasteiger partial charge is 0.367 e. The minimum Gasteiger partial charge on any atom is -0.367 e. The van der Waals surface area contributed by atoms with Crippen LogP contribution in [0.4, 0.5) is 0 Å². The number of amides is 2. The van der Waals surface area contributed by atoms with E-state index in [9.17, 15) is 9.59 Å². The molecule has 2 aliphatic heterocycles. The Hall–Kier alpha value is -2.64. The molecular formula is C18H21N5O3. The predicted octanol–water partition coefficient (Wildman–Crippen LogP) is 1.42. The van der Waals surface area contributed by atoms with Crippen LogP contribution >= 0.6 is 0 Å². The fourth-order valence-electron chi connectivity index (χ4n) is 3.83. The average Bonchev–Trinajstić information content (AvgIpc) is 2.99. The van der Waals surface area contributed by atoms with Gasteiger partial charge in [-0.25, -0.2) is 0 Å². The van der Waals surface area contributed by atoms with Crippen molar-refractivity contribution in [1.29, 1.82) is 0 Å². The molecule has 8 nitrogen and oxygen atoms in total. The number of aromatic amines is 1. The highest BCUT2D eigenvalue weighted by Crippen LogP contribution is 2.39. The number of H-pyrrole nitrogens is 1. The van der Waals surface area contributed by atoms with Crippen molar-refractivity contribution in [3.63, 3.8) is 0 Å². The van der Waals surface area contributed by atoms with Crippen LogP contribution in [-0.4, -0.2) is 62.4 Å². The second-order valence-electron chi connectivity index (χ2n) is 7.63. The Morgan fingerprint density at radius 3 is 2.73 bits per heavy atom. The van der Waals surface area contributed by atoms with Gasteiger partial charge < -0.3 is 19.3 Å². The van der Waals surface area contributed by atoms with Crippen molar-refractivity contribution in [3.8, 4) is 0 Å². The van der Waals surface area contributed by atoms with Crippen molar-refractivity contribution in [2.75, 3.05) is 19.6 Å². The van der Waals surface area contributed by atoms with Crippen molar-refractivity contribution in [1.82, 2.24) is 24.9 Å². The van der Waals surface area contributed by atoms with Crippen LogP contribution in [0.2, 0.25) is 0 Å². The number of carbonyl (C=O) groups is 2. The molecule has 0 aromatic carbocycles. The lowest BCUT2D eigenvalue weighted by Crippen LogP contribution is -2.61. The van der Waals surface area contributed by atoms with Gasteiger partial charge in [0, 0.05) is 44.4 Å². The summed E-state index contributed by atoms with van der Waals surface area (Å²) in [6.45, 7) is 3.68. The van der Waals surface area contributed by atoms with Gasteiger partial charge in [0.1, 0.15) is 0 Å². The molecule has 26 heavy (non-hydrogen) atoms. The molecule has 1 aliphatic carbocycles. The van der Waals surface area contributed by atoms with E-state index in [1.54, 1.807) is 11.1 Å². The summed E-state index contributed by atoms with van der Waals surface area (Å²) in [5, 5.41) is 4.05. The SMILES string of the molecule is Cc1c[nH]cc1C(=O)N1CC(N2CC(c3nc(C4CC4)no3)CC2=O)C1. The van der Waals surface area contributed by atoms with Gasteiger partial charge in [0.05, 0.1) is 17.5 Å². The number of hydrogen-bond donors (Lipinski definition) is 1. The molecule has 4 heterocycles. The number of rotatable bonds is 4. The van der Waals surface area contributed by atoms with Crippen LogP contribution in [0.15, 0.2) is 16.9 Å². The first-order valence-electron chi connectivity index (χ1n) is 9.15. The van der Waals surface area contributed by atoms with Crippen LogP contribution in [0.3, 0.4) is 0 Å². The molecule has 5 rings (SSSR count). The van der Waals surface area contributed by atoms with Gasteiger partial charge in [-0.1, -0.05) is 5.16 Å². The maximum absolute atomic E-state index is 12.5. The molecule has 2 amide bonds. The summed E-state index contributed by atoms with van der Waals surface area (Å²) >= 11 is 0. The molecule has 136 valence electrons. The molecule has 1 unspecified atom stereocenters. The minimum absolute atomic E-state index is 0.0224. The second kappa shape index (κ2) is 5.69. The van der Waals surface area contributed by atoms with Gasteiger partial charge in [-0.2, -0.15) is 4.98 Å². The number of hydrogen-bond acceptors (Lipinski definition) is 5. The molecule has 0 spiro atoms. The molecule has 3 fully saturated rings. The van der Waals surface area contributed by atoms with Crippen LogP contribution in [0.25, 0.3) is 0 Å². The highest BCUT2D eigenvalue weighted by molar-refractivity contribution is 5.96. The van der Waals surface area contributed by atoms with E-state index in [0.717, 1.165) is 24.2 Å². The Kier molecular flexibility index (Phi) is 3.41. The van der Waals surface area contributed by atoms with Gasteiger partial charge in [-0.05, 0) is 25.3 Å². The lowest BCUT2D eigenvalue weighted by Gasteiger charge is -2.44. The summed E-state index contributed by atoms with van der Waals surface area (Å²) in [5.74, 6) is 1.92. The zero-order chi connectivity index (χ0) is 17.8. The van der Waals surface area contributed by atoms with Gasteiger partial charge in [0.15, 0.2) is 5.82 Å². The number of aryl methyl sites for hydroxylation is 1. The van der Waals surface area contributed by atoms with Crippen LogP contribution < -0.4 is 0 Å². The summed E-state index contributed by atoms with van der Waals surface area (Å²) in [5.41, 5.74) is 1.64. The highest BCUT2D eigenvalue weighted by Gasteiger charge is 2.44. The number of nitrogens with zero attached hydrogens (tertiary/aromatic N) is 4. The predicted molar refractivity (Wildman–Crippen MR) is 90.6 cm³/mol. The fourth-order valence-corrected chi connectivity index (χ4v) is 3.83. The third-order valence-electron chi connectivity index (χ3n) is 5.68. The number of aromatic nitrogens is 3. The van der Waals surface area contributed by atoms with Crippen LogP contribution in [0.5, 0.6) is 0 Å². The zero-order valence-electron chi connectivity index (χ0n) is 14.6. The first-order chi connectivity index (χ1) is 12.6. The van der Waals surface area contributed by atoms with E-state index in [-0.39, 0.29) is 23.8 Å². The molecule has 1 N–H and O–H groups in total. The summed E-state index contributed by atoms with van der Waals surface area (Å²) < 4.78 is 5.39. The Morgan fingerprint density at radius 2 is 2.04 bits per heavy atom. The molecule has 3 aliphatic rings. The molecule has 2 saturated heterocycles. The smallest absolute Gasteiger partial charge is 0.255 e. The van der Waals surface area contributed by atoms with E-state index in [1.165, 1.54) is 0 Å². The van der Waals surface area contributed by atoms with E-state index in [4.69, 9.17) is 4.52 Å². The Labute approximate surface area is 150 Å². The van der Waals surface area contributed by atoms with Gasteiger partial charge in [0.25, 0.3) is 5.91 Å². The van der Waals surface area contributed by atoms with Gasteiger partial charge >= 0.3 is 0 Å². The summed E-state index contributed by atoms with van der Waals surface area (Å²) in [6.07, 6.45) is 6.21. The second-order valence-corrected chi connectivity index (χ2v) is 7.63. The Morgan fingerprint density at radius 1 is 1.23 bits per heavy atom. The van der Waals surface area contributed by atoms with Crippen LogP contribution in [0.1, 0.15) is 58.7 Å². The molecular weight excluding hydrogens is 334 g/mol. The molecule has 8 heteroatoms. The maximum Gasteiger partial charge on any atom is 0.255 e. The van der Waals surface area contributed by atoms with E-state index in [2.05, 4.69) is 15.1 Å². The molecule has 2 aromatic rings. The van der Waals surface area contributed by atoms with E-state index < -0.39 is 0 Å². The topological polar surface area (TPSA) is 95.3 Å². The highest BCUT2D eigenvalue weighted by atomic mass is 16.5. The minimum atomic E-state index is -0.0285. The molecule has 2 aromatic heterocycles. The fraction of sp³-hybridized carbons (Fsp3) is 0.556. The first-order valence-corrected chi connectivity index (χ1v) is 9.15. The number of nitrogens with one attached hydrogen (secondary N) is 1. The van der Waals surface area contributed by atoms with Gasteiger partial charge in [-0.3, -0.25) is 9.59 Å². The Balaban J connectivity index is 1.21. The van der Waals surface area contributed by atoms with Crippen molar-refractivity contribution in [2.45, 2.75) is 44.1 Å². The lowest BCUT2D eigenvalue weighted by atomic mass is 10.0. The van der Waals surface area contributed by atoms with Crippen molar-refractivity contribution >= 4 is 11.8 Å². The van der Waals surface area contributed by atoms with E-state index in [0.29, 0.717) is 43.4 Å². The van der Waals surface area contributed by atoms with Crippen molar-refractivity contribution < 1.29 is 14.1 Å². The molecule has 0 bridgehead atoms. The van der Waals surface area contributed by atoms with Crippen LogP contribution in [0, 0.1) is 6.92 Å². The van der Waals surface area contributed by atoms with Crippen LogP contribution in [-0.2, 0) is 4.79 Å².